The summed E-state index contributed by atoms with van der Waals surface area (Å²) >= 11 is 3.33. The number of nitrogens with one attached hydrogen (secondary N) is 1. The zero-order valence-corrected chi connectivity index (χ0v) is 9.37. The average Bonchev–Trinajstić information content (AvgIpc) is 2.56. The molecule has 0 radical (unpaired) electrons. The molecule has 2 rings (SSSR count). The fraction of sp³-hybridized carbons (Fsp3) is 0.500. The molecule has 3 nitrogen and oxygen atoms in total. The van der Waals surface area contributed by atoms with Gasteiger partial charge in [0.2, 0.25) is 0 Å². The van der Waals surface area contributed by atoms with Crippen LogP contribution in [0.2, 0.25) is 0 Å². The molecule has 1 fully saturated rings. The summed E-state index contributed by atoms with van der Waals surface area (Å²) in [6.45, 7) is 0. The molecule has 14 heavy (non-hydrogen) atoms. The molecule has 2 atom stereocenters. The molecule has 0 aromatic carbocycles. The molecule has 1 heterocycles. The summed E-state index contributed by atoms with van der Waals surface area (Å²) in [5.41, 5.74) is 0. The Bertz CT molecular complexity index is 301. The van der Waals surface area contributed by atoms with Crippen molar-refractivity contribution in [2.45, 2.75) is 31.4 Å². The van der Waals surface area contributed by atoms with Crippen LogP contribution in [-0.2, 0) is 0 Å². The zero-order valence-electron chi connectivity index (χ0n) is 7.78. The van der Waals surface area contributed by atoms with E-state index in [4.69, 9.17) is 0 Å². The van der Waals surface area contributed by atoms with Crippen LogP contribution in [-0.4, -0.2) is 22.2 Å². The van der Waals surface area contributed by atoms with E-state index in [-0.39, 0.29) is 12.1 Å². The lowest BCUT2D eigenvalue weighted by Crippen LogP contribution is -2.28. The number of hydrogen-bond acceptors (Lipinski definition) is 3. The lowest BCUT2D eigenvalue weighted by molar-refractivity contribution is 0.171. The van der Waals surface area contributed by atoms with Crippen LogP contribution in [0.4, 0.5) is 5.82 Å². The summed E-state index contributed by atoms with van der Waals surface area (Å²) in [5, 5.41) is 12.8. The molecule has 2 unspecified atom stereocenters. The summed E-state index contributed by atoms with van der Waals surface area (Å²) in [7, 11) is 0. The quantitative estimate of drug-likeness (QED) is 0.853. The van der Waals surface area contributed by atoms with E-state index in [0.717, 1.165) is 29.6 Å². The van der Waals surface area contributed by atoms with Crippen LogP contribution in [0.1, 0.15) is 19.3 Å². The van der Waals surface area contributed by atoms with Gasteiger partial charge in [-0.1, -0.05) is 0 Å². The molecule has 1 aliphatic carbocycles. The Labute approximate surface area is 91.7 Å². The standard InChI is InChI=1S/C10H13BrN2O/c11-7-4-5-10(12-6-7)13-8-2-1-3-9(8)14/h4-6,8-9,14H,1-3H2,(H,12,13). The van der Waals surface area contributed by atoms with Crippen LogP contribution < -0.4 is 5.32 Å². The lowest BCUT2D eigenvalue weighted by atomic mass is 10.2. The molecule has 1 aromatic heterocycles. The van der Waals surface area contributed by atoms with Crippen LogP contribution in [0, 0.1) is 0 Å². The van der Waals surface area contributed by atoms with Gasteiger partial charge < -0.3 is 10.4 Å². The van der Waals surface area contributed by atoms with E-state index in [0.29, 0.717) is 0 Å². The van der Waals surface area contributed by atoms with Gasteiger partial charge in [0.05, 0.1) is 12.1 Å². The van der Waals surface area contributed by atoms with E-state index in [9.17, 15) is 5.11 Å². The number of aromatic nitrogens is 1. The van der Waals surface area contributed by atoms with Crippen molar-refractivity contribution in [2.75, 3.05) is 5.32 Å². The fourth-order valence-electron chi connectivity index (χ4n) is 1.76. The Morgan fingerprint density at radius 2 is 2.29 bits per heavy atom. The molecule has 0 amide bonds. The first kappa shape index (κ1) is 9.93. The molecule has 0 spiro atoms. The molecule has 4 heteroatoms. The minimum absolute atomic E-state index is 0.170. The predicted octanol–water partition coefficient (Wildman–Crippen LogP) is 2.17. The SMILES string of the molecule is OC1CCCC1Nc1ccc(Br)cn1. The smallest absolute Gasteiger partial charge is 0.126 e. The molecule has 1 saturated carbocycles. The Hall–Kier alpha value is -0.610. The molecular weight excluding hydrogens is 244 g/mol. The normalized spacial score (nSPS) is 26.4. The van der Waals surface area contributed by atoms with Crippen molar-refractivity contribution in [1.29, 1.82) is 0 Å². The first-order valence-electron chi connectivity index (χ1n) is 4.82. The number of pyridine rings is 1. The summed E-state index contributed by atoms with van der Waals surface area (Å²) in [6.07, 6.45) is 4.55. The van der Waals surface area contributed by atoms with Crippen molar-refractivity contribution in [3.63, 3.8) is 0 Å². The fourth-order valence-corrected chi connectivity index (χ4v) is 1.99. The summed E-state index contributed by atoms with van der Waals surface area (Å²) in [6, 6.07) is 4.02. The number of anilines is 1. The maximum absolute atomic E-state index is 9.61. The van der Waals surface area contributed by atoms with Crippen LogP contribution in [0.3, 0.4) is 0 Å². The van der Waals surface area contributed by atoms with Crippen molar-refractivity contribution >= 4 is 21.7 Å². The maximum atomic E-state index is 9.61. The van der Waals surface area contributed by atoms with Gasteiger partial charge in [-0.15, -0.1) is 0 Å². The van der Waals surface area contributed by atoms with Gasteiger partial charge in [0.1, 0.15) is 5.82 Å². The molecule has 2 N–H and O–H groups in total. The number of nitrogens with zero attached hydrogens (tertiary/aromatic N) is 1. The molecule has 0 saturated heterocycles. The zero-order chi connectivity index (χ0) is 9.97. The third kappa shape index (κ3) is 2.25. The van der Waals surface area contributed by atoms with Gasteiger partial charge in [-0.05, 0) is 47.3 Å². The second-order valence-corrected chi connectivity index (χ2v) is 4.53. The molecule has 76 valence electrons. The van der Waals surface area contributed by atoms with E-state index < -0.39 is 0 Å². The van der Waals surface area contributed by atoms with Gasteiger partial charge in [0.25, 0.3) is 0 Å². The Kier molecular flexibility index (Phi) is 3.03. The number of rotatable bonds is 2. The van der Waals surface area contributed by atoms with Crippen molar-refractivity contribution < 1.29 is 5.11 Å². The second kappa shape index (κ2) is 4.28. The van der Waals surface area contributed by atoms with Crippen molar-refractivity contribution in [1.82, 2.24) is 4.98 Å². The third-order valence-corrected chi connectivity index (χ3v) is 3.01. The summed E-state index contributed by atoms with van der Waals surface area (Å²) in [5.74, 6) is 0.833. The molecule has 1 aliphatic rings. The Balaban J connectivity index is 2.00. The maximum Gasteiger partial charge on any atom is 0.126 e. The molecule has 0 aliphatic heterocycles. The number of aliphatic hydroxyl groups excluding tert-OH is 1. The number of hydrogen-bond donors (Lipinski definition) is 2. The van der Waals surface area contributed by atoms with Crippen LogP contribution in [0.5, 0.6) is 0 Å². The highest BCUT2D eigenvalue weighted by molar-refractivity contribution is 9.10. The highest BCUT2D eigenvalue weighted by atomic mass is 79.9. The molecule has 0 bridgehead atoms. The monoisotopic (exact) mass is 256 g/mol. The van der Waals surface area contributed by atoms with Crippen molar-refractivity contribution in [2.24, 2.45) is 0 Å². The average molecular weight is 257 g/mol. The second-order valence-electron chi connectivity index (χ2n) is 3.61. The Morgan fingerprint density at radius 1 is 1.43 bits per heavy atom. The van der Waals surface area contributed by atoms with E-state index >= 15 is 0 Å². The highest BCUT2D eigenvalue weighted by Gasteiger charge is 2.24. The van der Waals surface area contributed by atoms with E-state index in [1.165, 1.54) is 0 Å². The lowest BCUT2D eigenvalue weighted by Gasteiger charge is -2.16. The van der Waals surface area contributed by atoms with E-state index in [1.807, 2.05) is 12.1 Å². The Morgan fingerprint density at radius 3 is 2.86 bits per heavy atom. The minimum Gasteiger partial charge on any atom is -0.391 e. The van der Waals surface area contributed by atoms with E-state index in [2.05, 4.69) is 26.2 Å². The van der Waals surface area contributed by atoms with Gasteiger partial charge >= 0.3 is 0 Å². The largest absolute Gasteiger partial charge is 0.391 e. The van der Waals surface area contributed by atoms with Gasteiger partial charge in [0, 0.05) is 10.7 Å². The third-order valence-electron chi connectivity index (χ3n) is 2.54. The molecule has 1 aromatic rings. The van der Waals surface area contributed by atoms with Crippen LogP contribution in [0.25, 0.3) is 0 Å². The van der Waals surface area contributed by atoms with Crippen LogP contribution in [0.15, 0.2) is 22.8 Å². The van der Waals surface area contributed by atoms with E-state index in [1.54, 1.807) is 6.20 Å². The van der Waals surface area contributed by atoms with Gasteiger partial charge in [-0.2, -0.15) is 0 Å². The first-order chi connectivity index (χ1) is 6.75. The van der Waals surface area contributed by atoms with Gasteiger partial charge in [-0.3, -0.25) is 0 Å². The summed E-state index contributed by atoms with van der Waals surface area (Å²) in [4.78, 5) is 4.21. The highest BCUT2D eigenvalue weighted by Crippen LogP contribution is 2.22. The van der Waals surface area contributed by atoms with Gasteiger partial charge in [0.15, 0.2) is 0 Å². The topological polar surface area (TPSA) is 45.1 Å². The molecular formula is C10H13BrN2O. The summed E-state index contributed by atoms with van der Waals surface area (Å²) < 4.78 is 0.968. The minimum atomic E-state index is -0.222. The number of halogens is 1. The first-order valence-corrected chi connectivity index (χ1v) is 5.61. The van der Waals surface area contributed by atoms with Crippen LogP contribution >= 0.6 is 15.9 Å². The van der Waals surface area contributed by atoms with Crippen molar-refractivity contribution in [3.8, 4) is 0 Å². The van der Waals surface area contributed by atoms with Crippen molar-refractivity contribution in [3.05, 3.63) is 22.8 Å². The number of aliphatic hydroxyl groups is 1. The van der Waals surface area contributed by atoms with Gasteiger partial charge in [-0.25, -0.2) is 4.98 Å². The predicted molar refractivity (Wildman–Crippen MR) is 59.2 cm³/mol.